The summed E-state index contributed by atoms with van der Waals surface area (Å²) < 4.78 is 1.52. The summed E-state index contributed by atoms with van der Waals surface area (Å²) in [7, 11) is 0. The fourth-order valence-corrected chi connectivity index (χ4v) is 3.13. The molecule has 0 bridgehead atoms. The quantitative estimate of drug-likeness (QED) is 0.517. The molecular formula is C22H16ClN7O. The summed E-state index contributed by atoms with van der Waals surface area (Å²) in [5, 5.41) is 16.7. The highest BCUT2D eigenvalue weighted by atomic mass is 35.5. The van der Waals surface area contributed by atoms with E-state index in [2.05, 4.69) is 25.4 Å². The molecule has 0 fully saturated rings. The lowest BCUT2D eigenvalue weighted by atomic mass is 10.1. The predicted octanol–water partition coefficient (Wildman–Crippen LogP) is 3.74. The molecule has 0 radical (unpaired) electrons. The Morgan fingerprint density at radius 1 is 1.10 bits per heavy atom. The van der Waals surface area contributed by atoms with E-state index in [9.17, 15) is 4.79 Å². The lowest BCUT2D eigenvalue weighted by Gasteiger charge is -2.14. The zero-order valence-corrected chi connectivity index (χ0v) is 17.2. The predicted molar refractivity (Wildman–Crippen MR) is 114 cm³/mol. The molecule has 1 N–H and O–H groups in total. The van der Waals surface area contributed by atoms with Crippen molar-refractivity contribution in [3.63, 3.8) is 0 Å². The van der Waals surface area contributed by atoms with Gasteiger partial charge in [-0.05, 0) is 42.8 Å². The number of benzene rings is 1. The standard InChI is InChI=1S/C22H16ClN7O/c1-14(21-27-13-28-30(21)20-7-2-15(9-24)10-26-20)29-22(31)18-8-17(11-25-12-18)16-3-5-19(23)6-4-16/h2-8,10-14H,1H3,(H,29,31). The molecule has 3 aromatic heterocycles. The van der Waals surface area contributed by atoms with Crippen molar-refractivity contribution in [1.82, 2.24) is 30.0 Å². The van der Waals surface area contributed by atoms with E-state index in [4.69, 9.17) is 16.9 Å². The first-order chi connectivity index (χ1) is 15.0. The third-order valence-electron chi connectivity index (χ3n) is 4.58. The van der Waals surface area contributed by atoms with Crippen LogP contribution in [0, 0.1) is 11.3 Å². The molecule has 8 nitrogen and oxygen atoms in total. The second kappa shape index (κ2) is 8.73. The highest BCUT2D eigenvalue weighted by Crippen LogP contribution is 2.22. The summed E-state index contributed by atoms with van der Waals surface area (Å²) in [4.78, 5) is 25.5. The van der Waals surface area contributed by atoms with Crippen LogP contribution in [-0.4, -0.2) is 30.6 Å². The van der Waals surface area contributed by atoms with E-state index in [1.807, 2.05) is 18.2 Å². The number of hydrogen-bond donors (Lipinski definition) is 1. The number of carbonyl (C=O) groups is 1. The number of pyridine rings is 2. The molecule has 4 aromatic rings. The summed E-state index contributed by atoms with van der Waals surface area (Å²) >= 11 is 5.95. The fraction of sp³-hybridized carbons (Fsp3) is 0.0909. The number of amides is 1. The maximum Gasteiger partial charge on any atom is 0.253 e. The third kappa shape index (κ3) is 4.42. The molecule has 0 aliphatic heterocycles. The highest BCUT2D eigenvalue weighted by Gasteiger charge is 2.19. The lowest BCUT2D eigenvalue weighted by Crippen LogP contribution is -2.29. The Balaban J connectivity index is 1.53. The van der Waals surface area contributed by atoms with Crippen LogP contribution >= 0.6 is 11.6 Å². The maximum absolute atomic E-state index is 12.8. The average molecular weight is 430 g/mol. The normalized spacial score (nSPS) is 11.5. The van der Waals surface area contributed by atoms with Gasteiger partial charge in [0.25, 0.3) is 5.91 Å². The van der Waals surface area contributed by atoms with E-state index in [-0.39, 0.29) is 5.91 Å². The summed E-state index contributed by atoms with van der Waals surface area (Å²) in [5.74, 6) is 0.713. The second-order valence-electron chi connectivity index (χ2n) is 6.71. The number of rotatable bonds is 5. The lowest BCUT2D eigenvalue weighted by molar-refractivity contribution is 0.0937. The van der Waals surface area contributed by atoms with Crippen molar-refractivity contribution < 1.29 is 4.79 Å². The highest BCUT2D eigenvalue weighted by molar-refractivity contribution is 6.30. The van der Waals surface area contributed by atoms with Gasteiger partial charge in [0, 0.05) is 29.2 Å². The van der Waals surface area contributed by atoms with Crippen LogP contribution in [0.3, 0.4) is 0 Å². The topological polar surface area (TPSA) is 109 Å². The second-order valence-corrected chi connectivity index (χ2v) is 7.15. The minimum Gasteiger partial charge on any atom is -0.342 e. The molecule has 9 heteroatoms. The van der Waals surface area contributed by atoms with Gasteiger partial charge in [-0.2, -0.15) is 15.0 Å². The largest absolute Gasteiger partial charge is 0.342 e. The van der Waals surface area contributed by atoms with Gasteiger partial charge in [-0.3, -0.25) is 9.78 Å². The summed E-state index contributed by atoms with van der Waals surface area (Å²) in [6.45, 7) is 1.80. The third-order valence-corrected chi connectivity index (χ3v) is 4.83. The number of aromatic nitrogens is 5. The number of hydrogen-bond acceptors (Lipinski definition) is 6. The van der Waals surface area contributed by atoms with E-state index in [0.29, 0.717) is 27.8 Å². The Bertz CT molecular complexity index is 1260. The van der Waals surface area contributed by atoms with Crippen LogP contribution in [-0.2, 0) is 0 Å². The van der Waals surface area contributed by atoms with Gasteiger partial charge in [-0.25, -0.2) is 9.97 Å². The summed E-state index contributed by atoms with van der Waals surface area (Å²) in [6.07, 6.45) is 6.05. The molecule has 3 heterocycles. The van der Waals surface area contributed by atoms with Crippen LogP contribution < -0.4 is 5.32 Å². The van der Waals surface area contributed by atoms with Gasteiger partial charge in [-0.1, -0.05) is 23.7 Å². The SMILES string of the molecule is CC(NC(=O)c1cncc(-c2ccc(Cl)cc2)c1)c1ncnn1-c1ccc(C#N)cn1. The van der Waals surface area contributed by atoms with Crippen LogP contribution in [0.25, 0.3) is 16.9 Å². The smallest absolute Gasteiger partial charge is 0.253 e. The van der Waals surface area contributed by atoms with Gasteiger partial charge in [0.1, 0.15) is 12.4 Å². The Labute approximate surface area is 183 Å². The molecule has 0 saturated carbocycles. The first kappa shape index (κ1) is 20.2. The van der Waals surface area contributed by atoms with Gasteiger partial charge in [-0.15, -0.1) is 0 Å². The van der Waals surface area contributed by atoms with Crippen molar-refractivity contribution in [2.24, 2.45) is 0 Å². The summed E-state index contributed by atoms with van der Waals surface area (Å²) in [6, 6.07) is 14.0. The van der Waals surface area contributed by atoms with Crippen LogP contribution in [0.5, 0.6) is 0 Å². The molecule has 0 aliphatic rings. The monoisotopic (exact) mass is 429 g/mol. The van der Waals surface area contributed by atoms with E-state index in [1.165, 1.54) is 23.4 Å². The van der Waals surface area contributed by atoms with E-state index < -0.39 is 6.04 Å². The summed E-state index contributed by atoms with van der Waals surface area (Å²) in [5.41, 5.74) is 2.58. The molecule has 4 rings (SSSR count). The van der Waals surface area contributed by atoms with Crippen molar-refractivity contribution in [3.05, 3.63) is 89.4 Å². The number of carbonyl (C=O) groups excluding carboxylic acids is 1. The van der Waals surface area contributed by atoms with Gasteiger partial charge < -0.3 is 5.32 Å². The van der Waals surface area contributed by atoms with Gasteiger partial charge in [0.05, 0.1) is 17.2 Å². The maximum atomic E-state index is 12.8. The fourth-order valence-electron chi connectivity index (χ4n) is 3.01. The zero-order chi connectivity index (χ0) is 21.8. The van der Waals surface area contributed by atoms with E-state index in [0.717, 1.165) is 11.1 Å². The van der Waals surface area contributed by atoms with Crippen molar-refractivity contribution in [2.75, 3.05) is 0 Å². The number of nitrogens with one attached hydrogen (secondary N) is 1. The Kier molecular flexibility index (Phi) is 5.69. The van der Waals surface area contributed by atoms with Crippen LogP contribution in [0.2, 0.25) is 5.02 Å². The minimum atomic E-state index is -0.452. The first-order valence-electron chi connectivity index (χ1n) is 9.33. The molecule has 152 valence electrons. The Morgan fingerprint density at radius 3 is 2.61 bits per heavy atom. The average Bonchev–Trinajstić information content (AvgIpc) is 3.30. The van der Waals surface area contributed by atoms with Crippen LogP contribution in [0.1, 0.15) is 34.7 Å². The Hall–Kier alpha value is -4.09. The van der Waals surface area contributed by atoms with Gasteiger partial charge >= 0.3 is 0 Å². The number of halogens is 1. The number of nitriles is 1. The van der Waals surface area contributed by atoms with Gasteiger partial charge in [0.2, 0.25) is 0 Å². The minimum absolute atomic E-state index is 0.293. The van der Waals surface area contributed by atoms with Crippen molar-refractivity contribution in [2.45, 2.75) is 13.0 Å². The molecular weight excluding hydrogens is 414 g/mol. The van der Waals surface area contributed by atoms with E-state index in [1.54, 1.807) is 43.5 Å². The molecule has 1 unspecified atom stereocenters. The number of nitrogens with zero attached hydrogens (tertiary/aromatic N) is 6. The molecule has 1 aromatic carbocycles. The molecule has 1 amide bonds. The molecule has 31 heavy (non-hydrogen) atoms. The van der Waals surface area contributed by atoms with Crippen molar-refractivity contribution in [1.29, 1.82) is 5.26 Å². The first-order valence-corrected chi connectivity index (χ1v) is 9.71. The van der Waals surface area contributed by atoms with Crippen molar-refractivity contribution >= 4 is 17.5 Å². The van der Waals surface area contributed by atoms with Crippen LogP contribution in [0.4, 0.5) is 0 Å². The molecule has 0 spiro atoms. The van der Waals surface area contributed by atoms with Crippen LogP contribution in [0.15, 0.2) is 67.4 Å². The Morgan fingerprint density at radius 2 is 1.90 bits per heavy atom. The van der Waals surface area contributed by atoms with Crippen molar-refractivity contribution in [3.8, 4) is 23.0 Å². The van der Waals surface area contributed by atoms with E-state index >= 15 is 0 Å². The molecule has 0 saturated heterocycles. The molecule has 1 atom stereocenters. The van der Waals surface area contributed by atoms with Gasteiger partial charge in [0.15, 0.2) is 11.6 Å². The zero-order valence-electron chi connectivity index (χ0n) is 16.4. The molecule has 0 aliphatic carbocycles.